The highest BCUT2D eigenvalue weighted by Gasteiger charge is 2.39. The first-order valence-corrected chi connectivity index (χ1v) is 12.4. The van der Waals surface area contributed by atoms with Crippen molar-refractivity contribution in [1.29, 1.82) is 0 Å². The Bertz CT molecular complexity index is 1160. The van der Waals surface area contributed by atoms with Crippen molar-refractivity contribution in [1.82, 2.24) is 19.0 Å². The Balaban J connectivity index is 1.26. The fourth-order valence-corrected chi connectivity index (χ4v) is 6.18. The number of piperidine rings is 1. The van der Waals surface area contributed by atoms with E-state index in [0.717, 1.165) is 19.3 Å². The summed E-state index contributed by atoms with van der Waals surface area (Å²) in [5.74, 6) is 0.579. The number of hydrogen-bond donors (Lipinski definition) is 1. The molecule has 0 bridgehead atoms. The van der Waals surface area contributed by atoms with Crippen LogP contribution < -0.4 is 5.56 Å². The molecule has 1 saturated carbocycles. The minimum absolute atomic E-state index is 0.0388. The molecule has 4 heterocycles. The zero-order valence-electron chi connectivity index (χ0n) is 18.4. The number of carbonyl (C=O) groups excluding carboxylic acids is 1. The first kappa shape index (κ1) is 21.4. The molecule has 1 amide bonds. The Kier molecular flexibility index (Phi) is 5.67. The van der Waals surface area contributed by atoms with Crippen LogP contribution in [0.2, 0.25) is 0 Å². The Morgan fingerprint density at radius 2 is 2.03 bits per heavy atom. The molecule has 1 saturated heterocycles. The molecule has 32 heavy (non-hydrogen) atoms. The zero-order valence-corrected chi connectivity index (χ0v) is 19.3. The number of likely N-dealkylation sites (tertiary alicyclic amines) is 1. The third-order valence-electron chi connectivity index (χ3n) is 7.38. The van der Waals surface area contributed by atoms with Crippen LogP contribution in [0.1, 0.15) is 50.0 Å². The highest BCUT2D eigenvalue weighted by Crippen LogP contribution is 2.40. The largest absolute Gasteiger partial charge is 0.388 e. The van der Waals surface area contributed by atoms with Gasteiger partial charge in [0.15, 0.2) is 0 Å². The Morgan fingerprint density at radius 1 is 1.25 bits per heavy atom. The van der Waals surface area contributed by atoms with Crippen LogP contribution in [-0.2, 0) is 18.4 Å². The molecule has 7 nitrogen and oxygen atoms in total. The molecule has 1 aliphatic heterocycles. The van der Waals surface area contributed by atoms with Gasteiger partial charge in [0.05, 0.1) is 17.5 Å². The lowest BCUT2D eigenvalue weighted by molar-refractivity contribution is -0.142. The minimum Gasteiger partial charge on any atom is -0.388 e. The highest BCUT2D eigenvalue weighted by molar-refractivity contribution is 7.08. The van der Waals surface area contributed by atoms with Gasteiger partial charge in [0, 0.05) is 32.3 Å². The molecule has 5 rings (SSSR count). The molecule has 0 unspecified atom stereocenters. The van der Waals surface area contributed by atoms with E-state index in [9.17, 15) is 14.7 Å². The Labute approximate surface area is 191 Å². The number of thiophene rings is 1. The summed E-state index contributed by atoms with van der Waals surface area (Å²) in [6.45, 7) is 1.25. The highest BCUT2D eigenvalue weighted by atomic mass is 32.1. The zero-order chi connectivity index (χ0) is 22.3. The van der Waals surface area contributed by atoms with E-state index >= 15 is 0 Å². The second-order valence-corrected chi connectivity index (χ2v) is 10.2. The van der Waals surface area contributed by atoms with Crippen molar-refractivity contribution in [3.8, 4) is 0 Å². The number of fused-ring (bicyclic) bond motifs is 1. The third-order valence-corrected chi connectivity index (χ3v) is 8.08. The summed E-state index contributed by atoms with van der Waals surface area (Å²) >= 11 is 1.69. The first-order chi connectivity index (χ1) is 15.5. The summed E-state index contributed by atoms with van der Waals surface area (Å²) in [7, 11) is 1.86. The van der Waals surface area contributed by atoms with E-state index in [2.05, 4.69) is 21.8 Å². The SMILES string of the molecule is Cn1ccc2c(=O)n(CC3(O)CCN(C(=O)[C@@H]4CCCC[C@H]4c4ccsc4)CC3)cnc21. The first-order valence-electron chi connectivity index (χ1n) is 11.5. The Hall–Kier alpha value is -2.45. The van der Waals surface area contributed by atoms with E-state index in [1.165, 1.54) is 22.9 Å². The average molecular weight is 455 g/mol. The lowest BCUT2D eigenvalue weighted by atomic mass is 9.75. The maximum absolute atomic E-state index is 13.4. The van der Waals surface area contributed by atoms with Gasteiger partial charge in [-0.2, -0.15) is 11.3 Å². The van der Waals surface area contributed by atoms with Gasteiger partial charge in [0.2, 0.25) is 5.91 Å². The van der Waals surface area contributed by atoms with Gasteiger partial charge >= 0.3 is 0 Å². The van der Waals surface area contributed by atoms with Gasteiger partial charge < -0.3 is 14.6 Å². The van der Waals surface area contributed by atoms with Crippen LogP contribution in [0.5, 0.6) is 0 Å². The third kappa shape index (κ3) is 3.90. The monoisotopic (exact) mass is 454 g/mol. The van der Waals surface area contributed by atoms with Crippen LogP contribution in [0, 0.1) is 5.92 Å². The summed E-state index contributed by atoms with van der Waals surface area (Å²) < 4.78 is 3.32. The van der Waals surface area contributed by atoms with Crippen molar-refractivity contribution >= 4 is 28.3 Å². The average Bonchev–Trinajstić information content (AvgIpc) is 3.46. The molecule has 1 aliphatic carbocycles. The molecule has 0 aromatic carbocycles. The maximum atomic E-state index is 13.4. The lowest BCUT2D eigenvalue weighted by Gasteiger charge is -2.41. The van der Waals surface area contributed by atoms with Gasteiger partial charge in [0.1, 0.15) is 12.0 Å². The quantitative estimate of drug-likeness (QED) is 0.657. The van der Waals surface area contributed by atoms with E-state index in [-0.39, 0.29) is 23.9 Å². The summed E-state index contributed by atoms with van der Waals surface area (Å²) in [5, 5.41) is 16.0. The van der Waals surface area contributed by atoms with Gasteiger partial charge in [-0.1, -0.05) is 12.8 Å². The minimum atomic E-state index is -1.01. The number of rotatable bonds is 4. The summed E-state index contributed by atoms with van der Waals surface area (Å²) in [6, 6.07) is 3.92. The molecule has 2 fully saturated rings. The normalized spacial score (nSPS) is 23.5. The molecular weight excluding hydrogens is 424 g/mol. The van der Waals surface area contributed by atoms with Crippen LogP contribution >= 0.6 is 11.3 Å². The number of aryl methyl sites for hydroxylation is 1. The molecule has 0 radical (unpaired) electrons. The fraction of sp³-hybridized carbons (Fsp3) is 0.542. The van der Waals surface area contributed by atoms with E-state index in [1.807, 2.05) is 22.7 Å². The second-order valence-electron chi connectivity index (χ2n) is 9.45. The number of carbonyl (C=O) groups is 1. The smallest absolute Gasteiger partial charge is 0.262 e. The van der Waals surface area contributed by atoms with Crippen molar-refractivity contribution in [3.63, 3.8) is 0 Å². The topological polar surface area (TPSA) is 80.4 Å². The predicted molar refractivity (Wildman–Crippen MR) is 125 cm³/mol. The van der Waals surface area contributed by atoms with Crippen LogP contribution in [0.15, 0.2) is 40.2 Å². The van der Waals surface area contributed by atoms with Crippen molar-refractivity contribution in [2.24, 2.45) is 13.0 Å². The van der Waals surface area contributed by atoms with Crippen LogP contribution in [-0.4, -0.2) is 48.7 Å². The maximum Gasteiger partial charge on any atom is 0.262 e. The molecule has 0 spiro atoms. The summed E-state index contributed by atoms with van der Waals surface area (Å²) in [5.41, 5.74) is 0.795. The second kappa shape index (κ2) is 8.48. The van der Waals surface area contributed by atoms with E-state index in [1.54, 1.807) is 17.4 Å². The predicted octanol–water partition coefficient (Wildman–Crippen LogP) is 3.12. The molecular formula is C24H30N4O3S. The van der Waals surface area contributed by atoms with Crippen LogP contribution in [0.25, 0.3) is 11.0 Å². The number of hydrogen-bond acceptors (Lipinski definition) is 5. The van der Waals surface area contributed by atoms with E-state index in [4.69, 9.17) is 0 Å². The van der Waals surface area contributed by atoms with Crippen molar-refractivity contribution in [2.45, 2.75) is 56.6 Å². The Morgan fingerprint density at radius 3 is 2.78 bits per heavy atom. The molecule has 8 heteroatoms. The fourth-order valence-electron chi connectivity index (χ4n) is 5.46. The number of amides is 1. The molecule has 3 aromatic rings. The molecule has 2 atom stereocenters. The van der Waals surface area contributed by atoms with Crippen molar-refractivity contribution in [3.05, 3.63) is 51.3 Å². The van der Waals surface area contributed by atoms with Gasteiger partial charge in [-0.05, 0) is 60.1 Å². The summed E-state index contributed by atoms with van der Waals surface area (Å²) in [6.07, 6.45) is 8.57. The van der Waals surface area contributed by atoms with Crippen molar-refractivity contribution < 1.29 is 9.90 Å². The van der Waals surface area contributed by atoms with Crippen LogP contribution in [0.3, 0.4) is 0 Å². The van der Waals surface area contributed by atoms with Crippen molar-refractivity contribution in [2.75, 3.05) is 13.1 Å². The van der Waals surface area contributed by atoms with Gasteiger partial charge in [0.25, 0.3) is 5.56 Å². The van der Waals surface area contributed by atoms with Gasteiger partial charge in [-0.3, -0.25) is 14.2 Å². The van der Waals surface area contributed by atoms with Gasteiger partial charge in [-0.25, -0.2) is 4.98 Å². The number of aromatic nitrogens is 3. The standard InChI is InChI=1S/C24H30N4O3S/c1-26-10-6-20-21(26)25-16-28(23(20)30)15-24(31)8-11-27(12-9-24)22(29)19-5-3-2-4-18(19)17-7-13-32-14-17/h6-7,10,13-14,16,18-19,31H,2-5,8-9,11-12,15H2,1H3/t18-,19+/m0/s1. The van der Waals surface area contributed by atoms with E-state index in [0.29, 0.717) is 42.9 Å². The lowest BCUT2D eigenvalue weighted by Crippen LogP contribution is -2.51. The molecule has 2 aliphatic rings. The van der Waals surface area contributed by atoms with E-state index < -0.39 is 5.60 Å². The number of nitrogens with zero attached hydrogens (tertiary/aromatic N) is 4. The molecule has 170 valence electrons. The molecule has 1 N–H and O–H groups in total. The van der Waals surface area contributed by atoms with Gasteiger partial charge in [-0.15, -0.1) is 0 Å². The van der Waals surface area contributed by atoms with Crippen LogP contribution in [0.4, 0.5) is 0 Å². The summed E-state index contributed by atoms with van der Waals surface area (Å²) in [4.78, 5) is 32.6. The molecule has 3 aromatic heterocycles. The number of aliphatic hydroxyl groups is 1.